The molecule has 2 heterocycles. The van der Waals surface area contributed by atoms with Gasteiger partial charge < -0.3 is 5.11 Å². The van der Waals surface area contributed by atoms with Crippen LogP contribution in [0.15, 0.2) is 21.4 Å². The van der Waals surface area contributed by atoms with E-state index in [0.29, 0.717) is 0 Å². The SMILES string of the molecule is CC1=C(C)c2c(SCCCO)sc(-c3nccs3)c2CC1. The van der Waals surface area contributed by atoms with Crippen LogP contribution in [0.25, 0.3) is 15.5 Å². The van der Waals surface area contributed by atoms with E-state index in [1.807, 2.05) is 29.3 Å². The van der Waals surface area contributed by atoms with Crippen molar-refractivity contribution < 1.29 is 5.11 Å². The van der Waals surface area contributed by atoms with E-state index in [2.05, 4.69) is 24.2 Å². The predicted octanol–water partition coefficient (Wildman–Crippen LogP) is 5.09. The van der Waals surface area contributed by atoms with Crippen molar-refractivity contribution in [1.29, 1.82) is 0 Å². The molecule has 0 bridgehead atoms. The lowest BCUT2D eigenvalue weighted by Gasteiger charge is -2.18. The Balaban J connectivity index is 2.05. The van der Waals surface area contributed by atoms with Crippen LogP contribution in [0.2, 0.25) is 0 Å². The Hall–Kier alpha value is -0.620. The summed E-state index contributed by atoms with van der Waals surface area (Å²) in [5, 5.41) is 12.2. The molecular weight excluding hydrogens is 318 g/mol. The smallest absolute Gasteiger partial charge is 0.133 e. The first-order valence-corrected chi connectivity index (χ1v) is 9.86. The summed E-state index contributed by atoms with van der Waals surface area (Å²) in [6.45, 7) is 4.77. The molecule has 0 saturated heterocycles. The Kier molecular flexibility index (Phi) is 4.84. The van der Waals surface area contributed by atoms with Gasteiger partial charge in [0.25, 0.3) is 0 Å². The molecule has 0 atom stereocenters. The Morgan fingerprint density at radius 2 is 2.19 bits per heavy atom. The van der Waals surface area contributed by atoms with Gasteiger partial charge in [-0.2, -0.15) is 0 Å². The van der Waals surface area contributed by atoms with Gasteiger partial charge in [-0.15, -0.1) is 34.4 Å². The number of thiazole rings is 1. The van der Waals surface area contributed by atoms with Crippen LogP contribution in [0.1, 0.15) is 37.8 Å². The highest BCUT2D eigenvalue weighted by atomic mass is 32.2. The van der Waals surface area contributed by atoms with Crippen molar-refractivity contribution in [2.75, 3.05) is 12.4 Å². The van der Waals surface area contributed by atoms with Crippen LogP contribution in [0.4, 0.5) is 0 Å². The van der Waals surface area contributed by atoms with Crippen LogP contribution < -0.4 is 0 Å². The summed E-state index contributed by atoms with van der Waals surface area (Å²) in [4.78, 5) is 5.87. The van der Waals surface area contributed by atoms with E-state index in [1.165, 1.54) is 31.4 Å². The normalized spacial score (nSPS) is 14.6. The minimum Gasteiger partial charge on any atom is -0.396 e. The largest absolute Gasteiger partial charge is 0.396 e. The summed E-state index contributed by atoms with van der Waals surface area (Å²) in [5.74, 6) is 0.979. The summed E-state index contributed by atoms with van der Waals surface area (Å²) in [5.41, 5.74) is 5.90. The Morgan fingerprint density at radius 3 is 2.90 bits per heavy atom. The molecule has 0 saturated carbocycles. The number of rotatable bonds is 5. The number of fused-ring (bicyclic) bond motifs is 1. The molecule has 21 heavy (non-hydrogen) atoms. The number of aliphatic hydroxyl groups is 1. The van der Waals surface area contributed by atoms with E-state index in [9.17, 15) is 0 Å². The molecule has 0 fully saturated rings. The molecule has 3 rings (SSSR count). The number of nitrogens with zero attached hydrogens (tertiary/aromatic N) is 1. The molecule has 0 radical (unpaired) electrons. The van der Waals surface area contributed by atoms with Gasteiger partial charge in [0, 0.05) is 29.5 Å². The zero-order valence-electron chi connectivity index (χ0n) is 12.3. The first-order chi connectivity index (χ1) is 10.2. The second-order valence-electron chi connectivity index (χ2n) is 5.24. The van der Waals surface area contributed by atoms with Crippen LogP contribution in [-0.2, 0) is 6.42 Å². The fraction of sp³-hybridized carbons (Fsp3) is 0.438. The average molecular weight is 338 g/mol. The van der Waals surface area contributed by atoms with Crippen molar-refractivity contribution in [2.45, 2.75) is 37.3 Å². The fourth-order valence-electron chi connectivity index (χ4n) is 2.61. The highest BCUT2D eigenvalue weighted by molar-refractivity contribution is 8.01. The first-order valence-electron chi connectivity index (χ1n) is 7.18. The van der Waals surface area contributed by atoms with Crippen molar-refractivity contribution in [3.8, 4) is 9.88 Å². The molecule has 0 aliphatic heterocycles. The zero-order chi connectivity index (χ0) is 14.8. The molecule has 2 aromatic heterocycles. The van der Waals surface area contributed by atoms with Gasteiger partial charge >= 0.3 is 0 Å². The van der Waals surface area contributed by atoms with E-state index in [4.69, 9.17) is 5.11 Å². The molecule has 1 N–H and O–H groups in total. The van der Waals surface area contributed by atoms with Crippen molar-refractivity contribution in [1.82, 2.24) is 4.98 Å². The molecule has 5 heteroatoms. The number of hydrogen-bond acceptors (Lipinski definition) is 5. The van der Waals surface area contributed by atoms with Crippen molar-refractivity contribution in [2.24, 2.45) is 0 Å². The summed E-state index contributed by atoms with van der Waals surface area (Å²) >= 11 is 5.50. The molecular formula is C16H19NOS3. The number of allylic oxidation sites excluding steroid dienone is 2. The molecule has 0 unspecified atom stereocenters. The maximum absolute atomic E-state index is 9.00. The summed E-state index contributed by atoms with van der Waals surface area (Å²) in [6, 6.07) is 0. The highest BCUT2D eigenvalue weighted by Crippen LogP contribution is 2.48. The third kappa shape index (κ3) is 2.97. The molecule has 2 nitrogen and oxygen atoms in total. The Labute approximate surface area is 137 Å². The first kappa shape index (κ1) is 15.3. The van der Waals surface area contributed by atoms with Crippen molar-refractivity contribution >= 4 is 40.0 Å². The second-order valence-corrected chi connectivity index (χ2v) is 8.52. The lowest BCUT2D eigenvalue weighted by molar-refractivity contribution is 0.296. The highest BCUT2D eigenvalue weighted by Gasteiger charge is 2.25. The van der Waals surface area contributed by atoms with Crippen LogP contribution >= 0.6 is 34.4 Å². The third-order valence-electron chi connectivity index (χ3n) is 3.90. The van der Waals surface area contributed by atoms with Gasteiger partial charge in [0.05, 0.1) is 9.09 Å². The number of thioether (sulfide) groups is 1. The lowest BCUT2D eigenvalue weighted by Crippen LogP contribution is -2.01. The predicted molar refractivity (Wildman–Crippen MR) is 94.4 cm³/mol. The topological polar surface area (TPSA) is 33.1 Å². The van der Waals surface area contributed by atoms with Crippen LogP contribution in [0.3, 0.4) is 0 Å². The van der Waals surface area contributed by atoms with Crippen LogP contribution in [0, 0.1) is 0 Å². The van der Waals surface area contributed by atoms with Crippen LogP contribution in [0.5, 0.6) is 0 Å². The zero-order valence-corrected chi connectivity index (χ0v) is 14.8. The van der Waals surface area contributed by atoms with Gasteiger partial charge in [0.1, 0.15) is 5.01 Å². The van der Waals surface area contributed by atoms with E-state index in [-0.39, 0.29) is 6.61 Å². The van der Waals surface area contributed by atoms with Gasteiger partial charge in [-0.05, 0) is 44.2 Å². The maximum atomic E-state index is 9.00. The molecule has 0 spiro atoms. The van der Waals surface area contributed by atoms with E-state index in [1.54, 1.807) is 11.3 Å². The third-order valence-corrected chi connectivity index (χ3v) is 7.42. The summed E-state index contributed by atoms with van der Waals surface area (Å²) in [7, 11) is 0. The molecule has 1 aliphatic rings. The van der Waals surface area contributed by atoms with Crippen LogP contribution in [-0.4, -0.2) is 22.5 Å². The van der Waals surface area contributed by atoms with Crippen molar-refractivity contribution in [3.63, 3.8) is 0 Å². The molecule has 112 valence electrons. The number of aromatic nitrogens is 1. The van der Waals surface area contributed by atoms with E-state index < -0.39 is 0 Å². The maximum Gasteiger partial charge on any atom is 0.133 e. The number of thiophene rings is 1. The fourth-order valence-corrected chi connectivity index (χ4v) is 6.13. The van der Waals surface area contributed by atoms with E-state index >= 15 is 0 Å². The van der Waals surface area contributed by atoms with Gasteiger partial charge in [-0.3, -0.25) is 0 Å². The quantitative estimate of drug-likeness (QED) is 0.609. The molecule has 2 aromatic rings. The van der Waals surface area contributed by atoms with Gasteiger partial charge in [-0.1, -0.05) is 5.57 Å². The molecule has 0 amide bonds. The second kappa shape index (κ2) is 6.65. The molecule has 1 aliphatic carbocycles. The van der Waals surface area contributed by atoms with Gasteiger partial charge in [-0.25, -0.2) is 4.98 Å². The number of hydrogen-bond donors (Lipinski definition) is 1. The monoisotopic (exact) mass is 337 g/mol. The summed E-state index contributed by atoms with van der Waals surface area (Å²) in [6.07, 6.45) is 5.03. The number of aliphatic hydroxyl groups excluding tert-OH is 1. The lowest BCUT2D eigenvalue weighted by atomic mass is 9.89. The van der Waals surface area contributed by atoms with E-state index in [0.717, 1.165) is 30.0 Å². The average Bonchev–Trinajstić information content (AvgIpc) is 3.11. The molecule has 0 aromatic carbocycles. The van der Waals surface area contributed by atoms with Crippen molar-refractivity contribution in [3.05, 3.63) is 28.3 Å². The Bertz CT molecular complexity index is 655. The van der Waals surface area contributed by atoms with Gasteiger partial charge in [0.2, 0.25) is 0 Å². The van der Waals surface area contributed by atoms with Gasteiger partial charge in [0.15, 0.2) is 0 Å². The summed E-state index contributed by atoms with van der Waals surface area (Å²) < 4.78 is 1.40. The Morgan fingerprint density at radius 1 is 1.33 bits per heavy atom. The standard InChI is InChI=1S/C16H19NOS3/c1-10-4-5-12-13(11(10)2)16(20-8-3-7-18)21-14(12)15-17-6-9-19-15/h6,9,18H,3-5,7-8H2,1-2H3. The minimum atomic E-state index is 0.272. The minimum absolute atomic E-state index is 0.272.